The summed E-state index contributed by atoms with van der Waals surface area (Å²) in [5, 5.41) is 2.93. The van der Waals surface area contributed by atoms with Gasteiger partial charge in [-0.2, -0.15) is 0 Å². The minimum absolute atomic E-state index is 0.129. The van der Waals surface area contributed by atoms with Gasteiger partial charge in [-0.1, -0.05) is 30.3 Å². The Morgan fingerprint density at radius 1 is 1.11 bits per heavy atom. The Kier molecular flexibility index (Phi) is 7.79. The van der Waals surface area contributed by atoms with E-state index in [-0.39, 0.29) is 43.1 Å². The lowest BCUT2D eigenvalue weighted by Gasteiger charge is -2.41. The molecule has 190 valence electrons. The van der Waals surface area contributed by atoms with Crippen LogP contribution in [0, 0.1) is 17.6 Å². The number of hydrogen-bond acceptors (Lipinski definition) is 4. The van der Waals surface area contributed by atoms with Crippen LogP contribution < -0.4 is 5.32 Å². The Labute approximate surface area is 208 Å². The second kappa shape index (κ2) is 11.0. The molecule has 2 saturated heterocycles. The number of halogens is 2. The number of hydrogen-bond donors (Lipinski definition) is 1. The predicted molar refractivity (Wildman–Crippen MR) is 130 cm³/mol. The van der Waals surface area contributed by atoms with Gasteiger partial charge in [-0.3, -0.25) is 14.5 Å². The van der Waals surface area contributed by atoms with Crippen LogP contribution in [0.5, 0.6) is 0 Å². The van der Waals surface area contributed by atoms with Crippen molar-refractivity contribution < 1.29 is 27.9 Å². The molecule has 1 N–H and O–H groups in total. The molecule has 0 bridgehead atoms. The van der Waals surface area contributed by atoms with E-state index in [2.05, 4.69) is 5.32 Å². The van der Waals surface area contributed by atoms with E-state index < -0.39 is 17.4 Å². The molecule has 2 aliphatic rings. The molecule has 2 aromatic carbocycles. The summed E-state index contributed by atoms with van der Waals surface area (Å²) in [5.74, 6) is -1.60. The fraction of sp³-hybridized carbons (Fsp3) is 0.370. The first-order valence-electron chi connectivity index (χ1n) is 11.9. The Morgan fingerprint density at radius 3 is 2.47 bits per heavy atom. The number of likely N-dealkylation sites (tertiary alicyclic amines) is 1. The highest BCUT2D eigenvalue weighted by molar-refractivity contribution is 6.07. The first kappa shape index (κ1) is 25.5. The number of amides is 4. The van der Waals surface area contributed by atoms with Crippen molar-refractivity contribution in [1.29, 1.82) is 0 Å². The third-order valence-corrected chi connectivity index (χ3v) is 6.93. The summed E-state index contributed by atoms with van der Waals surface area (Å²) in [5.41, 5.74) is -0.139. The molecular formula is C27H29F2N3O4. The first-order chi connectivity index (χ1) is 17.3. The van der Waals surface area contributed by atoms with Crippen LogP contribution in [-0.4, -0.2) is 66.5 Å². The highest BCUT2D eigenvalue weighted by Crippen LogP contribution is 2.36. The molecule has 7 nitrogen and oxygen atoms in total. The van der Waals surface area contributed by atoms with Crippen molar-refractivity contribution in [3.8, 4) is 0 Å². The van der Waals surface area contributed by atoms with Gasteiger partial charge >= 0.3 is 6.03 Å². The average molecular weight is 498 g/mol. The van der Waals surface area contributed by atoms with Crippen molar-refractivity contribution in [2.24, 2.45) is 5.92 Å². The van der Waals surface area contributed by atoms with Crippen LogP contribution in [0.3, 0.4) is 0 Å². The number of imide groups is 1. The molecule has 2 aliphatic heterocycles. The summed E-state index contributed by atoms with van der Waals surface area (Å²) in [6, 6.07) is 11.6. The third kappa shape index (κ3) is 5.31. The number of rotatable bonds is 8. The molecule has 0 unspecified atom stereocenters. The summed E-state index contributed by atoms with van der Waals surface area (Å²) in [4.78, 5) is 41.9. The number of methoxy groups -OCH3 is 1. The standard InChI is InChI=1S/C27H29F2N3O4/c1-36-17-16-32-25(34)27(30-26(32)35,18-19-6-9-22(28)10-7-19)21-12-14-31(15-13-21)24(33)11-8-20-4-2-3-5-23(20)29/h2-11,21H,12-18H2,1H3,(H,30,35)/b11-8+/t27-/m1/s1. The quantitative estimate of drug-likeness (QED) is 0.448. The second-order valence-electron chi connectivity index (χ2n) is 9.11. The van der Waals surface area contributed by atoms with Crippen LogP contribution >= 0.6 is 0 Å². The van der Waals surface area contributed by atoms with Crippen molar-refractivity contribution in [2.45, 2.75) is 24.8 Å². The molecular weight excluding hydrogens is 468 g/mol. The Morgan fingerprint density at radius 2 is 1.81 bits per heavy atom. The molecule has 2 fully saturated rings. The number of benzene rings is 2. The summed E-state index contributed by atoms with van der Waals surface area (Å²) in [7, 11) is 1.50. The van der Waals surface area contributed by atoms with E-state index in [1.165, 1.54) is 42.4 Å². The first-order valence-corrected chi connectivity index (χ1v) is 11.9. The van der Waals surface area contributed by atoms with Gasteiger partial charge < -0.3 is 15.0 Å². The number of piperidine rings is 1. The Bertz CT molecular complexity index is 1150. The molecule has 4 rings (SSSR count). The van der Waals surface area contributed by atoms with Gasteiger partial charge in [0.25, 0.3) is 5.91 Å². The zero-order valence-corrected chi connectivity index (χ0v) is 20.1. The van der Waals surface area contributed by atoms with E-state index >= 15 is 0 Å². The lowest BCUT2D eigenvalue weighted by molar-refractivity contribution is -0.135. The van der Waals surface area contributed by atoms with Gasteiger partial charge in [-0.05, 0) is 48.6 Å². The fourth-order valence-electron chi connectivity index (χ4n) is 4.96. The minimum atomic E-state index is -1.19. The molecule has 36 heavy (non-hydrogen) atoms. The molecule has 2 heterocycles. The Hall–Kier alpha value is -3.59. The topological polar surface area (TPSA) is 79.0 Å². The predicted octanol–water partition coefficient (Wildman–Crippen LogP) is 3.40. The van der Waals surface area contributed by atoms with E-state index in [0.717, 1.165) is 5.56 Å². The number of nitrogens with zero attached hydrogens (tertiary/aromatic N) is 2. The lowest BCUT2D eigenvalue weighted by Crippen LogP contribution is -2.58. The fourth-order valence-corrected chi connectivity index (χ4v) is 4.96. The molecule has 0 radical (unpaired) electrons. The van der Waals surface area contributed by atoms with Gasteiger partial charge in [0.05, 0.1) is 13.2 Å². The van der Waals surface area contributed by atoms with Crippen LogP contribution in [-0.2, 0) is 20.7 Å². The van der Waals surface area contributed by atoms with Crippen LogP contribution in [0.1, 0.15) is 24.0 Å². The molecule has 1 atom stereocenters. The Balaban J connectivity index is 1.50. The van der Waals surface area contributed by atoms with Crippen LogP contribution in [0.4, 0.5) is 13.6 Å². The summed E-state index contributed by atoms with van der Waals surface area (Å²) < 4.78 is 32.4. The molecule has 0 spiro atoms. The smallest absolute Gasteiger partial charge is 0.325 e. The summed E-state index contributed by atoms with van der Waals surface area (Å²) in [6.45, 7) is 1.12. The second-order valence-corrected chi connectivity index (χ2v) is 9.11. The molecule has 2 aromatic rings. The summed E-state index contributed by atoms with van der Waals surface area (Å²) >= 11 is 0. The molecule has 4 amide bonds. The molecule has 0 aliphatic carbocycles. The monoisotopic (exact) mass is 497 g/mol. The van der Waals surface area contributed by atoms with Crippen LogP contribution in [0.15, 0.2) is 54.6 Å². The van der Waals surface area contributed by atoms with Gasteiger partial charge in [-0.25, -0.2) is 13.6 Å². The largest absolute Gasteiger partial charge is 0.383 e. The van der Waals surface area contributed by atoms with Gasteiger partial charge in [-0.15, -0.1) is 0 Å². The van der Waals surface area contributed by atoms with E-state index in [1.54, 1.807) is 35.2 Å². The summed E-state index contributed by atoms with van der Waals surface area (Å²) in [6.07, 6.45) is 4.00. The maximum atomic E-state index is 13.9. The number of carbonyl (C=O) groups is 3. The van der Waals surface area contributed by atoms with E-state index in [1.807, 2.05) is 0 Å². The average Bonchev–Trinajstić information content (AvgIpc) is 3.12. The van der Waals surface area contributed by atoms with Crippen molar-refractivity contribution in [2.75, 3.05) is 33.4 Å². The van der Waals surface area contributed by atoms with Gasteiger partial charge in [0.2, 0.25) is 5.91 Å². The minimum Gasteiger partial charge on any atom is -0.383 e. The van der Waals surface area contributed by atoms with Crippen molar-refractivity contribution in [3.63, 3.8) is 0 Å². The maximum absolute atomic E-state index is 13.9. The zero-order chi connectivity index (χ0) is 25.7. The molecule has 0 aromatic heterocycles. The third-order valence-electron chi connectivity index (χ3n) is 6.93. The van der Waals surface area contributed by atoms with E-state index in [4.69, 9.17) is 4.74 Å². The van der Waals surface area contributed by atoms with E-state index in [0.29, 0.717) is 31.5 Å². The number of urea groups is 1. The van der Waals surface area contributed by atoms with Gasteiger partial charge in [0, 0.05) is 38.3 Å². The van der Waals surface area contributed by atoms with E-state index in [9.17, 15) is 23.2 Å². The molecule has 0 saturated carbocycles. The highest BCUT2D eigenvalue weighted by atomic mass is 19.1. The number of ether oxygens (including phenoxy) is 1. The number of nitrogens with one attached hydrogen (secondary N) is 1. The van der Waals surface area contributed by atoms with Crippen molar-refractivity contribution >= 4 is 23.9 Å². The van der Waals surface area contributed by atoms with Crippen molar-refractivity contribution in [1.82, 2.24) is 15.1 Å². The molecule has 9 heteroatoms. The van der Waals surface area contributed by atoms with Gasteiger partial charge in [0.15, 0.2) is 0 Å². The maximum Gasteiger partial charge on any atom is 0.325 e. The zero-order valence-electron chi connectivity index (χ0n) is 20.1. The van der Waals surface area contributed by atoms with Crippen LogP contribution in [0.2, 0.25) is 0 Å². The lowest BCUT2D eigenvalue weighted by atomic mass is 9.74. The number of carbonyl (C=O) groups excluding carboxylic acids is 3. The SMILES string of the molecule is COCCN1C(=O)N[C@](Cc2ccc(F)cc2)(C2CCN(C(=O)/C=C/c3ccccc3F)CC2)C1=O. The van der Waals surface area contributed by atoms with Gasteiger partial charge in [0.1, 0.15) is 17.2 Å². The normalized spacial score (nSPS) is 20.9. The van der Waals surface area contributed by atoms with Crippen molar-refractivity contribution in [3.05, 3.63) is 77.4 Å². The highest BCUT2D eigenvalue weighted by Gasteiger charge is 2.55. The van der Waals surface area contributed by atoms with Crippen LogP contribution in [0.25, 0.3) is 6.08 Å².